The molecule has 0 aliphatic carbocycles. The van der Waals surface area contributed by atoms with Gasteiger partial charge in [0.05, 0.1) is 0 Å². The van der Waals surface area contributed by atoms with Gasteiger partial charge in [0.1, 0.15) is 0 Å². The van der Waals surface area contributed by atoms with Crippen LogP contribution in [-0.4, -0.2) is 21.2 Å². The van der Waals surface area contributed by atoms with E-state index in [1.165, 1.54) is 20.8 Å². The van der Waals surface area contributed by atoms with Crippen molar-refractivity contribution in [2.24, 2.45) is 0 Å². The highest BCUT2D eigenvalue weighted by molar-refractivity contribution is 8.12. The number of rotatable bonds is 0. The zero-order valence-corrected chi connectivity index (χ0v) is 7.40. The van der Waals surface area contributed by atoms with Crippen LogP contribution in [0.25, 0.3) is 0 Å². The van der Waals surface area contributed by atoms with Gasteiger partial charge in [-0.3, -0.25) is 14.4 Å². The predicted octanol–water partition coefficient (Wildman–Crippen LogP) is 0.576. The molecule has 0 fully saturated rings. The molecular formula is C6H9NO3S. The van der Waals surface area contributed by atoms with E-state index in [1.54, 1.807) is 0 Å². The second-order valence-electron chi connectivity index (χ2n) is 1.92. The Morgan fingerprint density at radius 1 is 1.00 bits per heavy atom. The summed E-state index contributed by atoms with van der Waals surface area (Å²) in [7, 11) is 0. The highest BCUT2D eigenvalue weighted by Crippen LogP contribution is 2.10. The Balaban J connectivity index is 4.23. The first-order valence-corrected chi connectivity index (χ1v) is 3.72. The van der Waals surface area contributed by atoms with Crippen LogP contribution in [0.15, 0.2) is 0 Å². The summed E-state index contributed by atoms with van der Waals surface area (Å²) in [6.07, 6.45) is 0. The molecule has 0 aliphatic heterocycles. The number of imide groups is 1. The van der Waals surface area contributed by atoms with Gasteiger partial charge in [-0.2, -0.15) is 0 Å². The Labute approximate surface area is 69.1 Å². The number of hydrogen-bond donors (Lipinski definition) is 0. The van der Waals surface area contributed by atoms with Gasteiger partial charge in [0, 0.05) is 32.7 Å². The van der Waals surface area contributed by atoms with Crippen molar-refractivity contribution >= 4 is 28.9 Å². The molecule has 0 saturated heterocycles. The van der Waals surface area contributed by atoms with Gasteiger partial charge >= 0.3 is 0 Å². The summed E-state index contributed by atoms with van der Waals surface area (Å²) in [4.78, 5) is 31.8. The van der Waals surface area contributed by atoms with Gasteiger partial charge in [-0.15, -0.1) is 0 Å². The van der Waals surface area contributed by atoms with Gasteiger partial charge in [0.2, 0.25) is 16.9 Å². The predicted molar refractivity (Wildman–Crippen MR) is 41.5 cm³/mol. The van der Waals surface area contributed by atoms with Gasteiger partial charge in [-0.05, 0) is 0 Å². The van der Waals surface area contributed by atoms with Crippen LogP contribution in [-0.2, 0) is 14.4 Å². The highest BCUT2D eigenvalue weighted by atomic mass is 32.2. The lowest BCUT2D eigenvalue weighted by Crippen LogP contribution is -2.27. The van der Waals surface area contributed by atoms with Crippen molar-refractivity contribution in [2.45, 2.75) is 20.8 Å². The van der Waals surface area contributed by atoms with Gasteiger partial charge in [-0.25, -0.2) is 4.31 Å². The van der Waals surface area contributed by atoms with Crippen LogP contribution in [0, 0.1) is 0 Å². The van der Waals surface area contributed by atoms with E-state index in [1.807, 2.05) is 0 Å². The minimum atomic E-state index is -0.433. The molecule has 0 saturated carbocycles. The Morgan fingerprint density at radius 3 is 1.45 bits per heavy atom. The maximum absolute atomic E-state index is 10.7. The zero-order valence-electron chi connectivity index (χ0n) is 6.58. The summed E-state index contributed by atoms with van der Waals surface area (Å²) in [5, 5.41) is -0.282. The molecule has 0 atom stereocenters. The Hall–Kier alpha value is -0.840. The Bertz CT molecular complexity index is 188. The molecule has 0 heterocycles. The maximum Gasteiger partial charge on any atom is 0.236 e. The summed E-state index contributed by atoms with van der Waals surface area (Å²) < 4.78 is 0.822. The Kier molecular flexibility index (Phi) is 3.81. The van der Waals surface area contributed by atoms with Crippen LogP contribution in [0.1, 0.15) is 20.8 Å². The lowest BCUT2D eigenvalue weighted by molar-refractivity contribution is -0.135. The first-order valence-electron chi connectivity index (χ1n) is 2.95. The molecule has 62 valence electrons. The highest BCUT2D eigenvalue weighted by Gasteiger charge is 2.16. The molecule has 0 N–H and O–H groups in total. The molecule has 0 aromatic carbocycles. The van der Waals surface area contributed by atoms with E-state index >= 15 is 0 Å². The third kappa shape index (κ3) is 3.77. The monoisotopic (exact) mass is 175 g/mol. The van der Waals surface area contributed by atoms with Crippen LogP contribution < -0.4 is 0 Å². The summed E-state index contributed by atoms with van der Waals surface area (Å²) >= 11 is 0.611. The van der Waals surface area contributed by atoms with Crippen LogP contribution in [0.4, 0.5) is 0 Å². The first kappa shape index (κ1) is 10.2. The molecule has 11 heavy (non-hydrogen) atoms. The smallest absolute Gasteiger partial charge is 0.236 e. The van der Waals surface area contributed by atoms with E-state index < -0.39 is 11.8 Å². The summed E-state index contributed by atoms with van der Waals surface area (Å²) in [5.74, 6) is -0.865. The topological polar surface area (TPSA) is 54.5 Å². The van der Waals surface area contributed by atoms with Crippen molar-refractivity contribution < 1.29 is 14.4 Å². The maximum atomic E-state index is 10.7. The normalized spacial score (nSPS) is 9.00. The quantitative estimate of drug-likeness (QED) is 0.505. The van der Waals surface area contributed by atoms with Crippen LogP contribution in [0.3, 0.4) is 0 Å². The van der Waals surface area contributed by atoms with Crippen molar-refractivity contribution in [1.82, 2.24) is 4.31 Å². The molecule has 2 amide bonds. The molecule has 4 nitrogen and oxygen atoms in total. The number of nitrogens with zero attached hydrogens (tertiary/aromatic N) is 1. The van der Waals surface area contributed by atoms with Gasteiger partial charge < -0.3 is 0 Å². The molecule has 0 spiro atoms. The Morgan fingerprint density at radius 2 is 1.36 bits per heavy atom. The SMILES string of the molecule is CC(=O)SN(C(C)=O)C(C)=O. The fourth-order valence-corrected chi connectivity index (χ4v) is 0.993. The van der Waals surface area contributed by atoms with Gasteiger partial charge in [-0.1, -0.05) is 0 Å². The van der Waals surface area contributed by atoms with Crippen molar-refractivity contribution in [3.05, 3.63) is 0 Å². The van der Waals surface area contributed by atoms with E-state index in [0.717, 1.165) is 4.31 Å². The third-order valence-corrected chi connectivity index (χ3v) is 1.75. The second kappa shape index (κ2) is 4.12. The van der Waals surface area contributed by atoms with Gasteiger partial charge in [0.25, 0.3) is 0 Å². The average molecular weight is 175 g/mol. The molecule has 0 radical (unpaired) electrons. The zero-order chi connectivity index (χ0) is 9.02. The third-order valence-electron chi connectivity index (χ3n) is 0.792. The molecule has 0 aliphatic rings. The standard InChI is InChI=1S/C6H9NO3S/c1-4(8)7(5(2)9)11-6(3)10/h1-3H3. The van der Waals surface area contributed by atoms with Crippen molar-refractivity contribution in [3.8, 4) is 0 Å². The molecule has 0 rings (SSSR count). The number of carbonyl (C=O) groups excluding carboxylic acids is 3. The molecule has 5 heteroatoms. The fraction of sp³-hybridized carbons (Fsp3) is 0.500. The largest absolute Gasteiger partial charge is 0.286 e. The lowest BCUT2D eigenvalue weighted by Gasteiger charge is -2.11. The second-order valence-corrected chi connectivity index (χ2v) is 3.04. The average Bonchev–Trinajstić information content (AvgIpc) is 1.81. The number of carbonyl (C=O) groups is 3. The van der Waals surface area contributed by atoms with E-state index in [4.69, 9.17) is 0 Å². The molecule has 0 aromatic heterocycles. The number of amides is 2. The van der Waals surface area contributed by atoms with E-state index in [9.17, 15) is 14.4 Å². The first-order chi connectivity index (χ1) is 4.95. The summed E-state index contributed by atoms with van der Waals surface area (Å²) in [5.41, 5.74) is 0. The number of hydrogen-bond acceptors (Lipinski definition) is 4. The van der Waals surface area contributed by atoms with Crippen LogP contribution in [0.5, 0.6) is 0 Å². The summed E-state index contributed by atoms with van der Waals surface area (Å²) in [6, 6.07) is 0. The fourth-order valence-electron chi connectivity index (χ4n) is 0.479. The molecule has 0 unspecified atom stereocenters. The van der Waals surface area contributed by atoms with Crippen molar-refractivity contribution in [1.29, 1.82) is 0 Å². The van der Waals surface area contributed by atoms with E-state index in [-0.39, 0.29) is 5.12 Å². The molecular weight excluding hydrogens is 166 g/mol. The lowest BCUT2D eigenvalue weighted by atomic mass is 10.6. The minimum absolute atomic E-state index is 0.282. The summed E-state index contributed by atoms with van der Waals surface area (Å²) in [6.45, 7) is 3.76. The van der Waals surface area contributed by atoms with Crippen molar-refractivity contribution in [3.63, 3.8) is 0 Å². The van der Waals surface area contributed by atoms with Crippen LogP contribution in [0.2, 0.25) is 0 Å². The van der Waals surface area contributed by atoms with E-state index in [0.29, 0.717) is 11.9 Å². The van der Waals surface area contributed by atoms with E-state index in [2.05, 4.69) is 0 Å². The minimum Gasteiger partial charge on any atom is -0.286 e. The van der Waals surface area contributed by atoms with Gasteiger partial charge in [0.15, 0.2) is 0 Å². The van der Waals surface area contributed by atoms with Crippen LogP contribution >= 0.6 is 11.9 Å². The molecule has 0 aromatic rings. The van der Waals surface area contributed by atoms with Crippen molar-refractivity contribution in [2.75, 3.05) is 0 Å². The molecule has 0 bridgehead atoms.